The molecule has 0 amide bonds. The molecule has 0 aliphatic rings. The molecule has 546 valence electrons. The molecule has 0 saturated heterocycles. The van der Waals surface area contributed by atoms with E-state index in [1.165, 1.54) is 340 Å². The number of aliphatic hydroxyl groups is 1. The number of ketones is 1. The minimum absolute atomic E-state index is 0.0143. The number of ether oxygens (including phenoxy) is 3. The zero-order valence-electron chi connectivity index (χ0n) is 62.7. The molecule has 1 N–H and O–H groups in total. The van der Waals surface area contributed by atoms with E-state index in [0.717, 1.165) is 77.0 Å². The first-order valence-corrected chi connectivity index (χ1v) is 42.0. The Morgan fingerprint density at radius 1 is 0.250 bits per heavy atom. The van der Waals surface area contributed by atoms with Crippen molar-refractivity contribution in [2.45, 2.75) is 489 Å². The summed E-state index contributed by atoms with van der Waals surface area (Å²) in [5.74, 6) is -5.27. The Morgan fingerprint density at radius 3 is 0.663 bits per heavy atom. The summed E-state index contributed by atoms with van der Waals surface area (Å²) in [5, 5.41) is 12.5. The van der Waals surface area contributed by atoms with Crippen molar-refractivity contribution < 1.29 is 38.5 Å². The van der Waals surface area contributed by atoms with Crippen molar-refractivity contribution in [3.8, 4) is 0 Å². The Balaban J connectivity index is 5.47. The zero-order valence-corrected chi connectivity index (χ0v) is 62.7. The lowest BCUT2D eigenvalue weighted by molar-refractivity contribution is -0.188. The molecule has 0 spiro atoms. The second-order valence-corrected chi connectivity index (χ2v) is 29.3. The predicted molar refractivity (Wildman–Crippen MR) is 397 cm³/mol. The van der Waals surface area contributed by atoms with Gasteiger partial charge in [-0.25, -0.2) is 4.79 Å². The minimum atomic E-state index is -2.73. The third-order valence-electron chi connectivity index (χ3n) is 20.1. The lowest BCUT2D eigenvalue weighted by atomic mass is 9.80. The molecule has 0 aliphatic heterocycles. The van der Waals surface area contributed by atoms with Crippen molar-refractivity contribution in [2.24, 2.45) is 5.92 Å². The number of carbonyl (C=O) groups excluding carboxylic acids is 4. The van der Waals surface area contributed by atoms with E-state index in [1.54, 1.807) is 0 Å². The van der Waals surface area contributed by atoms with E-state index >= 15 is 0 Å². The SMILES string of the molecule is CCCCCCCCCCCCCCCCCCCCOC(=O)CC(O)(C(=O)OCCCCCCCCCCCCCCCCCCCC)C(C(=O)CCCCCCCCCCCCCCCCC)C(=O)OCCCCCCCCCCCCCCCCCCCC. The van der Waals surface area contributed by atoms with Crippen LogP contribution in [0.25, 0.3) is 0 Å². The first-order valence-electron chi connectivity index (χ1n) is 42.0. The number of Topliss-reactive ketones (excluding diaryl/α,β-unsaturated/α-hetero) is 1. The normalized spacial score (nSPS) is 12.6. The summed E-state index contributed by atoms with van der Waals surface area (Å²) in [6, 6.07) is 0. The van der Waals surface area contributed by atoms with Crippen molar-refractivity contribution >= 4 is 23.7 Å². The molecule has 0 heterocycles. The van der Waals surface area contributed by atoms with Crippen LogP contribution in [0, 0.1) is 5.92 Å². The Labute approximate surface area is 574 Å². The highest BCUT2D eigenvalue weighted by Crippen LogP contribution is 2.30. The van der Waals surface area contributed by atoms with Crippen molar-refractivity contribution in [3.05, 3.63) is 0 Å². The molecule has 0 aromatic heterocycles. The largest absolute Gasteiger partial charge is 0.466 e. The van der Waals surface area contributed by atoms with E-state index in [2.05, 4.69) is 27.7 Å². The van der Waals surface area contributed by atoms with Crippen LogP contribution in [0.2, 0.25) is 0 Å². The summed E-state index contributed by atoms with van der Waals surface area (Å²) in [7, 11) is 0. The monoisotopic (exact) mass is 1300 g/mol. The molecular formula is C84H162O8. The fourth-order valence-electron chi connectivity index (χ4n) is 13.7. The molecule has 0 radical (unpaired) electrons. The quantitative estimate of drug-likeness (QED) is 0.0277. The third kappa shape index (κ3) is 62.8. The van der Waals surface area contributed by atoms with Gasteiger partial charge in [0.1, 0.15) is 0 Å². The molecule has 92 heavy (non-hydrogen) atoms. The summed E-state index contributed by atoms with van der Waals surface area (Å²) >= 11 is 0. The Bertz CT molecular complexity index is 1520. The molecule has 2 unspecified atom stereocenters. The van der Waals surface area contributed by atoms with Gasteiger partial charge in [-0.1, -0.05) is 445 Å². The summed E-state index contributed by atoms with van der Waals surface area (Å²) in [6.07, 6.45) is 84.7. The maximum Gasteiger partial charge on any atom is 0.340 e. The minimum Gasteiger partial charge on any atom is -0.466 e. The van der Waals surface area contributed by atoms with Gasteiger partial charge in [0.05, 0.1) is 26.2 Å². The molecule has 0 aliphatic carbocycles. The standard InChI is InChI=1S/C84H162O8/c1-5-9-13-17-21-25-29-33-37-40-43-47-51-55-59-63-67-71-75-90-80(86)78-84(89,83(88)92-77-73-69-65-61-57-53-49-45-42-39-35-31-27-23-19-15-11-7-3)81(79(85)74-70-66-62-58-54-50-46-36-32-28-24-20-16-12-8-4)82(87)91-76-72-68-64-60-56-52-48-44-41-38-34-30-26-22-18-14-10-6-2/h81,89H,5-78H2,1-4H3. The van der Waals surface area contributed by atoms with Gasteiger partial charge in [0.25, 0.3) is 0 Å². The van der Waals surface area contributed by atoms with E-state index in [4.69, 9.17) is 14.2 Å². The zero-order chi connectivity index (χ0) is 66.8. The maximum absolute atomic E-state index is 14.4. The van der Waals surface area contributed by atoms with E-state index in [1.807, 2.05) is 0 Å². The topological polar surface area (TPSA) is 116 Å². The van der Waals surface area contributed by atoms with Crippen LogP contribution in [0.4, 0.5) is 0 Å². The molecule has 8 heteroatoms. The molecule has 0 fully saturated rings. The van der Waals surface area contributed by atoms with Crippen LogP contribution in [-0.2, 0) is 33.4 Å². The summed E-state index contributed by atoms with van der Waals surface area (Å²) < 4.78 is 17.3. The van der Waals surface area contributed by atoms with Crippen LogP contribution in [-0.4, -0.2) is 54.2 Å². The van der Waals surface area contributed by atoms with Crippen molar-refractivity contribution in [1.82, 2.24) is 0 Å². The van der Waals surface area contributed by atoms with Crippen LogP contribution in [0.5, 0.6) is 0 Å². The van der Waals surface area contributed by atoms with Gasteiger partial charge in [0.2, 0.25) is 0 Å². The van der Waals surface area contributed by atoms with Crippen LogP contribution >= 0.6 is 0 Å². The first kappa shape index (κ1) is 90.0. The second-order valence-electron chi connectivity index (χ2n) is 29.3. The number of unbranched alkanes of at least 4 members (excludes halogenated alkanes) is 65. The summed E-state index contributed by atoms with van der Waals surface area (Å²) in [5.41, 5.74) is -2.73. The second kappa shape index (κ2) is 74.8. The number of hydrogen-bond acceptors (Lipinski definition) is 8. The number of esters is 3. The highest BCUT2D eigenvalue weighted by Gasteiger charge is 2.55. The fourth-order valence-corrected chi connectivity index (χ4v) is 13.7. The fraction of sp³-hybridized carbons (Fsp3) is 0.952. The molecule has 0 aromatic carbocycles. The Morgan fingerprint density at radius 2 is 0.435 bits per heavy atom. The van der Waals surface area contributed by atoms with E-state index in [0.29, 0.717) is 25.7 Å². The smallest absolute Gasteiger partial charge is 0.340 e. The first-order chi connectivity index (χ1) is 45.3. The van der Waals surface area contributed by atoms with E-state index < -0.39 is 41.6 Å². The molecule has 0 aromatic rings. The third-order valence-corrected chi connectivity index (χ3v) is 20.1. The van der Waals surface area contributed by atoms with Gasteiger partial charge >= 0.3 is 17.9 Å². The highest BCUT2D eigenvalue weighted by atomic mass is 16.6. The van der Waals surface area contributed by atoms with Gasteiger partial charge in [-0.2, -0.15) is 0 Å². The van der Waals surface area contributed by atoms with E-state index in [9.17, 15) is 24.3 Å². The van der Waals surface area contributed by atoms with Crippen molar-refractivity contribution in [3.63, 3.8) is 0 Å². The maximum atomic E-state index is 14.4. The molecule has 0 rings (SSSR count). The van der Waals surface area contributed by atoms with Gasteiger partial charge in [-0.15, -0.1) is 0 Å². The molecule has 0 bridgehead atoms. The van der Waals surface area contributed by atoms with Crippen LogP contribution in [0.1, 0.15) is 484 Å². The van der Waals surface area contributed by atoms with Crippen LogP contribution in [0.3, 0.4) is 0 Å². The van der Waals surface area contributed by atoms with Gasteiger partial charge in [-0.05, 0) is 25.7 Å². The average Bonchev–Trinajstić information content (AvgIpc) is 0.801. The van der Waals surface area contributed by atoms with Crippen molar-refractivity contribution in [2.75, 3.05) is 19.8 Å². The van der Waals surface area contributed by atoms with Crippen LogP contribution < -0.4 is 0 Å². The van der Waals surface area contributed by atoms with Crippen LogP contribution in [0.15, 0.2) is 0 Å². The number of carbonyl (C=O) groups is 4. The van der Waals surface area contributed by atoms with E-state index in [-0.39, 0.29) is 26.2 Å². The van der Waals surface area contributed by atoms with Gasteiger partial charge in [0, 0.05) is 6.42 Å². The Hall–Kier alpha value is -1.96. The molecular weight excluding hydrogens is 1140 g/mol. The summed E-state index contributed by atoms with van der Waals surface area (Å²) in [4.78, 5) is 56.8. The summed E-state index contributed by atoms with van der Waals surface area (Å²) in [6.45, 7) is 9.40. The van der Waals surface area contributed by atoms with Gasteiger partial charge in [-0.3, -0.25) is 14.4 Å². The predicted octanol–water partition coefficient (Wildman–Crippen LogP) is 27.3. The van der Waals surface area contributed by atoms with Gasteiger partial charge < -0.3 is 19.3 Å². The molecule has 2 atom stereocenters. The number of hydrogen-bond donors (Lipinski definition) is 1. The van der Waals surface area contributed by atoms with Gasteiger partial charge in [0.15, 0.2) is 17.3 Å². The molecule has 8 nitrogen and oxygen atoms in total. The van der Waals surface area contributed by atoms with Crippen molar-refractivity contribution in [1.29, 1.82) is 0 Å². The highest BCUT2D eigenvalue weighted by molar-refractivity contribution is 6.06. The Kier molecular flexibility index (Phi) is 73.2. The lowest BCUT2D eigenvalue weighted by Crippen LogP contribution is -2.55. The lowest BCUT2D eigenvalue weighted by Gasteiger charge is -2.31. The molecule has 0 saturated carbocycles. The number of rotatable bonds is 79. The average molecular weight is 1300 g/mol.